The van der Waals surface area contributed by atoms with Gasteiger partial charge in [-0.05, 0) is 0 Å². The van der Waals surface area contributed by atoms with Crippen molar-refractivity contribution in [3.63, 3.8) is 0 Å². The Morgan fingerprint density at radius 3 is 3.11 bits per heavy atom. The Morgan fingerprint density at radius 2 is 2.44 bits per heavy atom. The maximum atomic E-state index is 11.2. The highest BCUT2D eigenvalue weighted by atomic mass is 16.5. The van der Waals surface area contributed by atoms with Crippen LogP contribution in [-0.2, 0) is 4.74 Å². The number of hydrogen-bond acceptors (Lipinski definition) is 7. The number of aliphatic hydroxyl groups is 1. The zero-order valence-corrected chi connectivity index (χ0v) is 9.28. The molecular weight excluding hydrogens is 240 g/mol. The fourth-order valence-electron chi connectivity index (χ4n) is 2.24. The van der Waals surface area contributed by atoms with Gasteiger partial charge in [-0.3, -0.25) is 9.36 Å². The van der Waals surface area contributed by atoms with Crippen molar-refractivity contribution in [1.29, 1.82) is 0 Å². The van der Waals surface area contributed by atoms with Gasteiger partial charge in [-0.15, -0.1) is 0 Å². The molecule has 1 aromatic heterocycles. The lowest BCUT2D eigenvalue weighted by atomic mass is 10.1. The van der Waals surface area contributed by atoms with E-state index in [9.17, 15) is 9.90 Å². The van der Waals surface area contributed by atoms with Crippen LogP contribution in [0.3, 0.4) is 0 Å². The second-order valence-electron chi connectivity index (χ2n) is 4.11. The highest BCUT2D eigenvalue weighted by Gasteiger charge is 2.43. The molecule has 0 saturated heterocycles. The number of nitrogens with zero attached hydrogens (tertiary/aromatic N) is 3. The molecule has 3 heterocycles. The fourth-order valence-corrected chi connectivity index (χ4v) is 2.24. The predicted molar refractivity (Wildman–Crippen MR) is 60.8 cm³/mol. The normalized spacial score (nSPS) is 28.7. The van der Waals surface area contributed by atoms with Crippen molar-refractivity contribution in [1.82, 2.24) is 9.55 Å². The minimum absolute atomic E-state index is 0.0485. The molecule has 3 atom stereocenters. The third kappa shape index (κ3) is 1.34. The molecule has 0 aromatic carbocycles. The van der Waals surface area contributed by atoms with E-state index in [1.807, 2.05) is 0 Å². The number of nitrogens with two attached hydrogens (primary N) is 2. The number of rotatable bonds is 2. The van der Waals surface area contributed by atoms with Gasteiger partial charge < -0.3 is 26.6 Å². The smallest absolute Gasteiger partial charge is 0.284 e. The van der Waals surface area contributed by atoms with Crippen LogP contribution in [0.4, 0.5) is 5.82 Å². The van der Waals surface area contributed by atoms with Gasteiger partial charge >= 0.3 is 0 Å². The fraction of sp³-hybridized carbons (Fsp3) is 0.444. The van der Waals surface area contributed by atoms with Gasteiger partial charge in [0.2, 0.25) is 0 Å². The molecule has 6 N–H and O–H groups in total. The molecule has 18 heavy (non-hydrogen) atoms. The number of ether oxygens (including phenoxy) is 1. The maximum absolute atomic E-state index is 11.2. The molecule has 9 heteroatoms. The van der Waals surface area contributed by atoms with Crippen LogP contribution in [0.2, 0.25) is 0 Å². The highest BCUT2D eigenvalue weighted by Crippen LogP contribution is 2.35. The highest BCUT2D eigenvalue weighted by molar-refractivity contribution is 5.96. The summed E-state index contributed by atoms with van der Waals surface area (Å²) in [4.78, 5) is 19.3. The van der Waals surface area contributed by atoms with E-state index >= 15 is 0 Å². The van der Waals surface area contributed by atoms with Gasteiger partial charge in [-0.25, -0.2) is 9.98 Å². The number of nitrogens with one attached hydrogen (secondary N) is 1. The first-order valence-corrected chi connectivity index (χ1v) is 5.35. The van der Waals surface area contributed by atoms with E-state index in [4.69, 9.17) is 16.2 Å². The molecule has 0 radical (unpaired) electrons. The van der Waals surface area contributed by atoms with Gasteiger partial charge in [0.15, 0.2) is 18.0 Å². The SMILES string of the molecule is NC(=O)c1ncn2c1NC(CO)[C@H]1OC(N)=N[C@H]12. The molecular formula is C9H12N6O3. The Hall–Kier alpha value is -2.29. The number of primary amides is 1. The van der Waals surface area contributed by atoms with E-state index in [1.165, 1.54) is 6.33 Å². The number of aliphatic imine (C=N–C) groups is 1. The number of imidazole rings is 1. The number of amides is 1. The third-order valence-electron chi connectivity index (χ3n) is 3.04. The van der Waals surface area contributed by atoms with Crippen LogP contribution in [0.5, 0.6) is 0 Å². The first-order chi connectivity index (χ1) is 8.61. The Morgan fingerprint density at radius 1 is 1.67 bits per heavy atom. The average molecular weight is 252 g/mol. The molecule has 0 bridgehead atoms. The van der Waals surface area contributed by atoms with Crippen LogP contribution >= 0.6 is 0 Å². The van der Waals surface area contributed by atoms with Gasteiger partial charge in [0.25, 0.3) is 11.9 Å². The Bertz CT molecular complexity index is 538. The lowest BCUT2D eigenvalue weighted by molar-refractivity contribution is 0.0971. The molecule has 2 aliphatic rings. The lowest BCUT2D eigenvalue weighted by Gasteiger charge is -2.33. The number of hydrogen-bond donors (Lipinski definition) is 4. The summed E-state index contributed by atoms with van der Waals surface area (Å²) in [6, 6.07) is -0.380. The first-order valence-electron chi connectivity index (χ1n) is 5.35. The number of aliphatic hydroxyl groups excluding tert-OH is 1. The monoisotopic (exact) mass is 252 g/mol. The second-order valence-corrected chi connectivity index (χ2v) is 4.11. The molecule has 3 rings (SSSR count). The van der Waals surface area contributed by atoms with E-state index in [0.717, 1.165) is 0 Å². The number of carbonyl (C=O) groups excluding carboxylic acids is 1. The van der Waals surface area contributed by atoms with E-state index in [0.29, 0.717) is 5.82 Å². The summed E-state index contributed by atoms with van der Waals surface area (Å²) in [7, 11) is 0. The Balaban J connectivity index is 2.08. The van der Waals surface area contributed by atoms with Gasteiger partial charge in [0.1, 0.15) is 5.82 Å². The summed E-state index contributed by atoms with van der Waals surface area (Å²) in [6.45, 7) is -0.187. The van der Waals surface area contributed by atoms with Gasteiger partial charge in [-0.2, -0.15) is 0 Å². The van der Waals surface area contributed by atoms with Crippen molar-refractivity contribution in [2.75, 3.05) is 11.9 Å². The number of anilines is 1. The summed E-state index contributed by atoms with van der Waals surface area (Å²) in [6.07, 6.45) is 0.565. The standard InChI is InChI=1S/C9H12N6O3/c10-6(17)4-7-13-3(1-16)5-8(14-9(11)18-5)15(7)2-12-4/h2-3,5,8,13,16H,1H2,(H2,10,17)(H2,11,14)/t3?,5-,8+/m1/s1. The number of fused-ring (bicyclic) bond motifs is 3. The molecule has 0 spiro atoms. The summed E-state index contributed by atoms with van der Waals surface area (Å²) < 4.78 is 6.96. The molecule has 96 valence electrons. The predicted octanol–water partition coefficient (Wildman–Crippen LogP) is -2.02. The topological polar surface area (TPSA) is 141 Å². The van der Waals surface area contributed by atoms with Crippen molar-refractivity contribution < 1.29 is 14.6 Å². The Kier molecular flexibility index (Phi) is 2.17. The number of amidine groups is 1. The summed E-state index contributed by atoms with van der Waals surface area (Å²) in [5, 5.41) is 12.3. The molecule has 0 fully saturated rings. The van der Waals surface area contributed by atoms with Crippen molar-refractivity contribution in [2.24, 2.45) is 16.5 Å². The van der Waals surface area contributed by atoms with Gasteiger partial charge in [0.05, 0.1) is 19.0 Å². The lowest BCUT2D eigenvalue weighted by Crippen LogP contribution is -2.46. The largest absolute Gasteiger partial charge is 0.455 e. The first kappa shape index (κ1) is 10.8. The number of carbonyl (C=O) groups is 1. The molecule has 2 aliphatic heterocycles. The zero-order chi connectivity index (χ0) is 12.9. The van der Waals surface area contributed by atoms with Crippen molar-refractivity contribution in [3.05, 3.63) is 12.0 Å². The van der Waals surface area contributed by atoms with Gasteiger partial charge in [0, 0.05) is 0 Å². The molecule has 0 aliphatic carbocycles. The summed E-state index contributed by atoms with van der Waals surface area (Å²) >= 11 is 0. The molecule has 1 unspecified atom stereocenters. The van der Waals surface area contributed by atoms with E-state index in [1.54, 1.807) is 4.57 Å². The number of aromatic nitrogens is 2. The van der Waals surface area contributed by atoms with Crippen molar-refractivity contribution >= 4 is 17.7 Å². The molecule has 1 amide bonds. The summed E-state index contributed by atoms with van der Waals surface area (Å²) in [5.74, 6) is -0.230. The quantitative estimate of drug-likeness (QED) is 0.479. The van der Waals surface area contributed by atoms with Crippen LogP contribution in [0.1, 0.15) is 16.7 Å². The van der Waals surface area contributed by atoms with Crippen molar-refractivity contribution in [3.8, 4) is 0 Å². The molecule has 0 saturated carbocycles. The van der Waals surface area contributed by atoms with E-state index in [2.05, 4.69) is 15.3 Å². The second kappa shape index (κ2) is 3.60. The molecule has 9 nitrogen and oxygen atoms in total. The van der Waals surface area contributed by atoms with Crippen LogP contribution in [-0.4, -0.2) is 45.3 Å². The van der Waals surface area contributed by atoms with Crippen LogP contribution in [0, 0.1) is 0 Å². The summed E-state index contributed by atoms with van der Waals surface area (Å²) in [5.41, 5.74) is 10.9. The van der Waals surface area contributed by atoms with Crippen LogP contribution in [0.25, 0.3) is 0 Å². The third-order valence-corrected chi connectivity index (χ3v) is 3.04. The Labute approximate surface area is 101 Å². The van der Waals surface area contributed by atoms with E-state index in [-0.39, 0.29) is 18.3 Å². The van der Waals surface area contributed by atoms with E-state index < -0.39 is 24.2 Å². The molecule has 1 aromatic rings. The van der Waals surface area contributed by atoms with Crippen molar-refractivity contribution in [2.45, 2.75) is 18.3 Å². The van der Waals surface area contributed by atoms with Crippen LogP contribution < -0.4 is 16.8 Å². The average Bonchev–Trinajstić information content (AvgIpc) is 2.89. The van der Waals surface area contributed by atoms with Crippen LogP contribution in [0.15, 0.2) is 11.3 Å². The van der Waals surface area contributed by atoms with Gasteiger partial charge in [-0.1, -0.05) is 0 Å². The minimum atomic E-state index is -0.651. The maximum Gasteiger partial charge on any atom is 0.284 e. The zero-order valence-electron chi connectivity index (χ0n) is 9.28. The minimum Gasteiger partial charge on any atom is -0.455 e.